The first kappa shape index (κ1) is 17.6. The monoisotopic (exact) mass is 346 g/mol. The van der Waals surface area contributed by atoms with E-state index in [1.54, 1.807) is 0 Å². The highest BCUT2D eigenvalue weighted by atomic mass is 79.9. The Morgan fingerprint density at radius 1 is 0.810 bits per heavy atom. The van der Waals surface area contributed by atoms with E-state index in [4.69, 9.17) is 0 Å². The molecule has 0 atom stereocenters. The van der Waals surface area contributed by atoms with Crippen LogP contribution in [0.1, 0.15) is 48.5 Å². The van der Waals surface area contributed by atoms with Crippen molar-refractivity contribution in [3.63, 3.8) is 0 Å². The van der Waals surface area contributed by atoms with Gasteiger partial charge in [-0.3, -0.25) is 4.79 Å². The molecule has 112 valence electrons. The van der Waals surface area contributed by atoms with Gasteiger partial charge in [0.2, 0.25) is 0 Å². The van der Waals surface area contributed by atoms with Crippen LogP contribution in [0.2, 0.25) is 0 Å². The Morgan fingerprint density at radius 3 is 1.67 bits per heavy atom. The summed E-state index contributed by atoms with van der Waals surface area (Å²) in [6.07, 6.45) is 5.47. The molecule has 1 nitrogen and oxygen atoms in total. The molecule has 2 aromatic carbocycles. The summed E-state index contributed by atoms with van der Waals surface area (Å²) in [6.45, 7) is 2.23. The minimum Gasteiger partial charge on any atom is -0.289 e. The Hall–Kier alpha value is -1.41. The maximum Gasteiger partial charge on any atom is 0.193 e. The second kappa shape index (κ2) is 11.3. The molecule has 0 heterocycles. The van der Waals surface area contributed by atoms with Crippen molar-refractivity contribution in [1.82, 2.24) is 0 Å². The largest absolute Gasteiger partial charge is 0.289 e. The van der Waals surface area contributed by atoms with E-state index in [1.165, 1.54) is 31.0 Å². The van der Waals surface area contributed by atoms with Gasteiger partial charge in [0.1, 0.15) is 0 Å². The third-order valence-corrected chi connectivity index (χ3v) is 3.62. The molecule has 0 bridgehead atoms. The van der Waals surface area contributed by atoms with E-state index in [0.717, 1.165) is 11.1 Å². The van der Waals surface area contributed by atoms with Crippen LogP contribution < -0.4 is 0 Å². The lowest BCUT2D eigenvalue weighted by atomic mass is 10.0. The lowest BCUT2D eigenvalue weighted by molar-refractivity contribution is 0.103. The first-order valence-corrected chi connectivity index (χ1v) is 8.62. The third-order valence-electron chi connectivity index (χ3n) is 3.06. The summed E-state index contributed by atoms with van der Waals surface area (Å²) >= 11 is 3.38. The molecule has 2 rings (SSSR count). The Kier molecular flexibility index (Phi) is 9.47. The highest BCUT2D eigenvalue weighted by Crippen LogP contribution is 2.08. The van der Waals surface area contributed by atoms with Gasteiger partial charge in [-0.2, -0.15) is 0 Å². The van der Waals surface area contributed by atoms with Gasteiger partial charge in [-0.15, -0.1) is 0 Å². The molecule has 0 saturated carbocycles. The van der Waals surface area contributed by atoms with Crippen LogP contribution in [0, 0.1) is 0 Å². The molecule has 0 aliphatic carbocycles. The molecular formula is C19H23BrO. The number of carbonyl (C=O) groups is 1. The Balaban J connectivity index is 0.000000270. The van der Waals surface area contributed by atoms with Crippen LogP contribution in [0.3, 0.4) is 0 Å². The summed E-state index contributed by atoms with van der Waals surface area (Å²) in [6, 6.07) is 18.6. The van der Waals surface area contributed by atoms with Crippen LogP contribution in [-0.2, 0) is 0 Å². The summed E-state index contributed by atoms with van der Waals surface area (Å²) in [7, 11) is 0. The standard InChI is InChI=1S/C13H10O.C6H13Br/c14-13(11-7-3-1-4-8-11)12-9-5-2-6-10-12;1-2-3-4-5-6-7/h1-10H;2-6H2,1H3. The normalized spacial score (nSPS) is 9.62. The molecule has 0 amide bonds. The van der Waals surface area contributed by atoms with Crippen molar-refractivity contribution in [2.45, 2.75) is 32.6 Å². The molecule has 0 fully saturated rings. The Labute approximate surface area is 136 Å². The van der Waals surface area contributed by atoms with Crippen molar-refractivity contribution in [1.29, 1.82) is 0 Å². The lowest BCUT2D eigenvalue weighted by Crippen LogP contribution is -1.99. The van der Waals surface area contributed by atoms with Crippen molar-refractivity contribution in [2.24, 2.45) is 0 Å². The molecule has 0 unspecified atom stereocenters. The zero-order chi connectivity index (χ0) is 15.3. The average molecular weight is 347 g/mol. The summed E-state index contributed by atoms with van der Waals surface area (Å²) in [5.74, 6) is 0.0752. The van der Waals surface area contributed by atoms with E-state index in [-0.39, 0.29) is 5.78 Å². The van der Waals surface area contributed by atoms with E-state index in [1.807, 2.05) is 60.7 Å². The quantitative estimate of drug-likeness (QED) is 0.362. The maximum absolute atomic E-state index is 11.8. The lowest BCUT2D eigenvalue weighted by Gasteiger charge is -1.99. The number of benzene rings is 2. The van der Waals surface area contributed by atoms with Crippen molar-refractivity contribution in [2.75, 3.05) is 5.33 Å². The number of rotatable bonds is 6. The molecule has 21 heavy (non-hydrogen) atoms. The minimum absolute atomic E-state index is 0.0752. The molecule has 0 N–H and O–H groups in total. The van der Waals surface area contributed by atoms with E-state index in [0.29, 0.717) is 0 Å². The van der Waals surface area contributed by atoms with Gasteiger partial charge in [0.05, 0.1) is 0 Å². The van der Waals surface area contributed by atoms with E-state index in [2.05, 4.69) is 22.9 Å². The van der Waals surface area contributed by atoms with Gasteiger partial charge < -0.3 is 0 Å². The van der Waals surface area contributed by atoms with Crippen molar-refractivity contribution in [3.05, 3.63) is 71.8 Å². The van der Waals surface area contributed by atoms with Crippen LogP contribution in [0.5, 0.6) is 0 Å². The number of ketones is 1. The molecule has 2 aromatic rings. The fraction of sp³-hybridized carbons (Fsp3) is 0.316. The van der Waals surface area contributed by atoms with Gasteiger partial charge >= 0.3 is 0 Å². The fourth-order valence-electron chi connectivity index (χ4n) is 1.87. The van der Waals surface area contributed by atoms with Crippen LogP contribution >= 0.6 is 15.9 Å². The SMILES string of the molecule is CCCCCCBr.O=C(c1ccccc1)c1ccccc1. The van der Waals surface area contributed by atoms with Crippen molar-refractivity contribution in [3.8, 4) is 0 Å². The minimum atomic E-state index is 0.0752. The average Bonchev–Trinajstić information content (AvgIpc) is 2.57. The molecular weight excluding hydrogens is 324 g/mol. The Morgan fingerprint density at radius 2 is 1.29 bits per heavy atom. The predicted octanol–water partition coefficient (Wildman–Crippen LogP) is 5.88. The summed E-state index contributed by atoms with van der Waals surface area (Å²) < 4.78 is 0. The molecule has 0 aliphatic rings. The third kappa shape index (κ3) is 7.24. The highest BCUT2D eigenvalue weighted by Gasteiger charge is 2.06. The van der Waals surface area contributed by atoms with Crippen LogP contribution in [0.4, 0.5) is 0 Å². The number of unbranched alkanes of at least 4 members (excludes halogenated alkanes) is 3. The van der Waals surface area contributed by atoms with Gasteiger partial charge in [-0.05, 0) is 6.42 Å². The summed E-state index contributed by atoms with van der Waals surface area (Å²) in [5.41, 5.74) is 1.47. The van der Waals surface area contributed by atoms with Gasteiger partial charge in [0.15, 0.2) is 5.78 Å². The highest BCUT2D eigenvalue weighted by molar-refractivity contribution is 9.09. The zero-order valence-corrected chi connectivity index (χ0v) is 14.2. The van der Waals surface area contributed by atoms with Gasteiger partial charge in [-0.1, -0.05) is 103 Å². The number of hydrogen-bond donors (Lipinski definition) is 0. The molecule has 0 saturated heterocycles. The van der Waals surface area contributed by atoms with E-state index < -0.39 is 0 Å². The molecule has 0 radical (unpaired) electrons. The Bertz CT molecular complexity index is 448. The predicted molar refractivity (Wildman–Crippen MR) is 94.3 cm³/mol. The van der Waals surface area contributed by atoms with Crippen LogP contribution in [0.15, 0.2) is 60.7 Å². The summed E-state index contributed by atoms with van der Waals surface area (Å²) in [4.78, 5) is 11.8. The molecule has 0 aliphatic heterocycles. The number of alkyl halides is 1. The number of halogens is 1. The summed E-state index contributed by atoms with van der Waals surface area (Å²) in [5, 5.41) is 1.17. The van der Waals surface area contributed by atoms with Crippen LogP contribution in [0.25, 0.3) is 0 Å². The molecule has 0 aromatic heterocycles. The second-order valence-corrected chi connectivity index (χ2v) is 5.60. The van der Waals surface area contributed by atoms with Crippen molar-refractivity contribution >= 4 is 21.7 Å². The first-order chi connectivity index (χ1) is 10.3. The number of hydrogen-bond acceptors (Lipinski definition) is 1. The van der Waals surface area contributed by atoms with Gasteiger partial charge in [0.25, 0.3) is 0 Å². The smallest absolute Gasteiger partial charge is 0.193 e. The van der Waals surface area contributed by atoms with Crippen molar-refractivity contribution < 1.29 is 4.79 Å². The zero-order valence-electron chi connectivity index (χ0n) is 12.6. The van der Waals surface area contributed by atoms with Gasteiger partial charge in [-0.25, -0.2) is 0 Å². The topological polar surface area (TPSA) is 17.1 Å². The first-order valence-electron chi connectivity index (χ1n) is 7.50. The fourth-order valence-corrected chi connectivity index (χ4v) is 2.26. The van der Waals surface area contributed by atoms with E-state index in [9.17, 15) is 4.79 Å². The maximum atomic E-state index is 11.8. The number of carbonyl (C=O) groups excluding carboxylic acids is 1. The molecule has 0 spiro atoms. The second-order valence-electron chi connectivity index (χ2n) is 4.81. The van der Waals surface area contributed by atoms with Crippen LogP contribution in [-0.4, -0.2) is 11.1 Å². The van der Waals surface area contributed by atoms with Gasteiger partial charge in [0, 0.05) is 16.5 Å². The van der Waals surface area contributed by atoms with E-state index >= 15 is 0 Å². The molecule has 2 heteroatoms.